The van der Waals surface area contributed by atoms with E-state index in [9.17, 15) is 0 Å². The summed E-state index contributed by atoms with van der Waals surface area (Å²) in [5.41, 5.74) is 28.9. The molecule has 0 saturated heterocycles. The van der Waals surface area contributed by atoms with Gasteiger partial charge in [-0.2, -0.15) is 0 Å². The minimum Gasteiger partial charge on any atom is -0.310 e. The van der Waals surface area contributed by atoms with E-state index in [0.29, 0.717) is 0 Å². The maximum Gasteiger partial charge on any atom is 0.252 e. The van der Waals surface area contributed by atoms with Crippen molar-refractivity contribution in [2.24, 2.45) is 0 Å². The summed E-state index contributed by atoms with van der Waals surface area (Å²) < 4.78 is 5.01. The van der Waals surface area contributed by atoms with Crippen LogP contribution in [0.5, 0.6) is 0 Å². The summed E-state index contributed by atoms with van der Waals surface area (Å²) in [5.74, 6) is 0. The van der Waals surface area contributed by atoms with Gasteiger partial charge in [0.05, 0.1) is 33.4 Å². The van der Waals surface area contributed by atoms with Crippen LogP contribution in [0.1, 0.15) is 79.0 Å². The van der Waals surface area contributed by atoms with Crippen molar-refractivity contribution < 1.29 is 0 Å². The Bertz CT molecular complexity index is 5310. The zero-order valence-corrected chi connectivity index (χ0v) is 55.3. The smallest absolute Gasteiger partial charge is 0.252 e. The van der Waals surface area contributed by atoms with E-state index in [1.54, 1.807) is 0 Å². The van der Waals surface area contributed by atoms with Gasteiger partial charge in [-0.25, -0.2) is 0 Å². The molecule has 17 rings (SSSR count). The number of aromatic nitrogens is 4. The first-order valence-corrected chi connectivity index (χ1v) is 33.4. The van der Waals surface area contributed by atoms with Gasteiger partial charge in [0.25, 0.3) is 6.71 Å². The van der Waals surface area contributed by atoms with Crippen LogP contribution >= 0.6 is 0 Å². The minimum absolute atomic E-state index is 0.0497. The summed E-state index contributed by atoms with van der Waals surface area (Å²) in [6, 6.07) is 95.4. The largest absolute Gasteiger partial charge is 0.310 e. The molecule has 6 nitrogen and oxygen atoms in total. The highest BCUT2D eigenvalue weighted by Crippen LogP contribution is 2.54. The molecule has 0 fully saturated rings. The van der Waals surface area contributed by atoms with Crippen molar-refractivity contribution in [3.8, 4) is 55.9 Å². The molecule has 11 aromatic carbocycles. The Labute approximate surface area is 557 Å². The minimum atomic E-state index is -0.322. The van der Waals surface area contributed by atoms with Gasteiger partial charge in [-0.05, 0) is 144 Å². The van der Waals surface area contributed by atoms with Crippen LogP contribution in [0.2, 0.25) is 0 Å². The standard InChI is InChI=1S/C88H73BN6/c1-86(2,3)60-38-44-77-67(46-60)68-47-61(87(4,5)6)39-45-78(68)93(77)64-41-43-74-80(51-64)95(85-71(58-30-18-12-19-31-58)54-91-55-72(85)59-32-20-13-21-33-59)82-49-62(88(7,8)9)48-81-83(82)89(74)73-42-40-63(92-75-36-24-22-34-65(75)66-35-23-25-37-76(66)92)50-79(73)94(81)84-69(56-26-14-10-15-27-56)52-90-53-70(84)57-28-16-11-17-29-57/h10-55H,1-9H3. The molecule has 0 spiro atoms. The lowest BCUT2D eigenvalue weighted by Gasteiger charge is -2.46. The molecule has 0 saturated carbocycles. The molecule has 6 heterocycles. The molecule has 0 radical (unpaired) electrons. The average Bonchev–Trinajstić information content (AvgIpc) is 1.16. The molecule has 95 heavy (non-hydrogen) atoms. The highest BCUT2D eigenvalue weighted by molar-refractivity contribution is 7.00. The zero-order valence-electron chi connectivity index (χ0n) is 55.3. The molecule has 0 aliphatic carbocycles. The van der Waals surface area contributed by atoms with Gasteiger partial charge < -0.3 is 18.9 Å². The predicted molar refractivity (Wildman–Crippen MR) is 403 cm³/mol. The number of benzene rings is 11. The second kappa shape index (κ2) is 21.8. The predicted octanol–water partition coefficient (Wildman–Crippen LogP) is 21.3. The Morgan fingerprint density at radius 1 is 0.284 bits per heavy atom. The number of fused-ring (bicyclic) bond motifs is 10. The van der Waals surface area contributed by atoms with Gasteiger partial charge in [0.2, 0.25) is 0 Å². The maximum absolute atomic E-state index is 5.18. The van der Waals surface area contributed by atoms with Crippen LogP contribution in [-0.2, 0) is 16.2 Å². The molecule has 0 amide bonds. The van der Waals surface area contributed by atoms with Crippen LogP contribution in [0, 0.1) is 0 Å². The summed E-state index contributed by atoms with van der Waals surface area (Å²) >= 11 is 0. The SMILES string of the molecule is CC(C)(C)c1cc2c3c(c1)N(c1c(-c4ccccc4)cncc1-c1ccccc1)c1cc(-n4c5ccc(C(C)(C)C)cc5c5cc(C(C)(C)C)ccc54)ccc1B3c1ccc(-n3c4ccccc4c4ccccc43)cc1N2c1c(-c2ccccc2)cncc1-c1ccccc1. The Morgan fingerprint density at radius 2 is 0.611 bits per heavy atom. The highest BCUT2D eigenvalue weighted by atomic mass is 15.2. The highest BCUT2D eigenvalue weighted by Gasteiger charge is 2.46. The van der Waals surface area contributed by atoms with Gasteiger partial charge in [0.15, 0.2) is 0 Å². The lowest BCUT2D eigenvalue weighted by Crippen LogP contribution is -2.61. The summed E-state index contributed by atoms with van der Waals surface area (Å²) in [7, 11) is 0. The number of hydrogen-bond acceptors (Lipinski definition) is 4. The number of hydrogen-bond donors (Lipinski definition) is 0. The molecule has 2 aliphatic rings. The van der Waals surface area contributed by atoms with Crippen LogP contribution in [0.25, 0.3) is 99.5 Å². The fourth-order valence-corrected chi connectivity index (χ4v) is 15.3. The van der Waals surface area contributed by atoms with Gasteiger partial charge in [0, 0.05) is 103 Å². The Balaban J connectivity index is 1.04. The molecule has 0 atom stereocenters. The summed E-state index contributed by atoms with van der Waals surface area (Å²) in [5, 5.41) is 4.96. The fourth-order valence-electron chi connectivity index (χ4n) is 15.3. The van der Waals surface area contributed by atoms with Gasteiger partial charge in [0.1, 0.15) is 0 Å². The molecule has 15 aromatic rings. The van der Waals surface area contributed by atoms with Crippen molar-refractivity contribution in [1.82, 2.24) is 19.1 Å². The van der Waals surface area contributed by atoms with Crippen LogP contribution in [-0.4, -0.2) is 25.8 Å². The number of para-hydroxylation sites is 2. The van der Waals surface area contributed by atoms with Gasteiger partial charge in [-0.15, -0.1) is 0 Å². The maximum atomic E-state index is 5.18. The normalized spacial score (nSPS) is 13.0. The Hall–Kier alpha value is -11.0. The first-order valence-electron chi connectivity index (χ1n) is 33.4. The van der Waals surface area contributed by atoms with Gasteiger partial charge in [-0.1, -0.05) is 244 Å². The number of anilines is 6. The Morgan fingerprint density at radius 3 is 0.958 bits per heavy atom. The van der Waals surface area contributed by atoms with Crippen molar-refractivity contribution >= 4 is 101 Å². The number of rotatable bonds is 8. The van der Waals surface area contributed by atoms with Gasteiger partial charge >= 0.3 is 0 Å². The summed E-state index contributed by atoms with van der Waals surface area (Å²) in [6.07, 6.45) is 8.35. The van der Waals surface area contributed by atoms with Crippen LogP contribution < -0.4 is 26.2 Å². The fraction of sp³-hybridized carbons (Fsp3) is 0.136. The van der Waals surface area contributed by atoms with Crippen LogP contribution in [0.4, 0.5) is 34.1 Å². The number of nitrogens with zero attached hydrogens (tertiary/aromatic N) is 6. The average molecular weight is 1230 g/mol. The van der Waals surface area contributed by atoms with E-state index < -0.39 is 0 Å². The summed E-state index contributed by atoms with van der Waals surface area (Å²) in [4.78, 5) is 15.6. The quantitative estimate of drug-likeness (QED) is 0.142. The summed E-state index contributed by atoms with van der Waals surface area (Å²) in [6.45, 7) is 20.8. The zero-order chi connectivity index (χ0) is 64.6. The van der Waals surface area contributed by atoms with E-state index in [4.69, 9.17) is 9.97 Å². The molecule has 458 valence electrons. The molecular weight excluding hydrogens is 1150 g/mol. The molecular formula is C88H73BN6. The monoisotopic (exact) mass is 1220 g/mol. The first-order chi connectivity index (χ1) is 46.1. The molecule has 0 N–H and O–H groups in total. The molecule has 0 bridgehead atoms. The lowest BCUT2D eigenvalue weighted by atomic mass is 9.33. The third-order valence-corrected chi connectivity index (χ3v) is 20.1. The van der Waals surface area contributed by atoms with Crippen LogP contribution in [0.3, 0.4) is 0 Å². The van der Waals surface area contributed by atoms with Crippen molar-refractivity contribution in [3.63, 3.8) is 0 Å². The van der Waals surface area contributed by atoms with E-state index in [1.165, 1.54) is 65.7 Å². The number of pyridine rings is 2. The Kier molecular flexibility index (Phi) is 13.3. The van der Waals surface area contributed by atoms with Crippen molar-refractivity contribution in [1.29, 1.82) is 0 Å². The van der Waals surface area contributed by atoms with E-state index in [-0.39, 0.29) is 23.0 Å². The van der Waals surface area contributed by atoms with Gasteiger partial charge in [-0.3, -0.25) is 9.97 Å². The van der Waals surface area contributed by atoms with Crippen LogP contribution in [0.15, 0.2) is 280 Å². The van der Waals surface area contributed by atoms with E-state index in [0.717, 1.165) is 101 Å². The molecule has 7 heteroatoms. The van der Waals surface area contributed by atoms with Crippen molar-refractivity contribution in [2.45, 2.75) is 78.6 Å². The third kappa shape index (κ3) is 9.37. The van der Waals surface area contributed by atoms with Crippen molar-refractivity contribution in [3.05, 3.63) is 296 Å². The topological polar surface area (TPSA) is 42.1 Å². The first kappa shape index (κ1) is 57.9. The van der Waals surface area contributed by atoms with E-state index in [1.807, 2.05) is 0 Å². The molecule has 2 aliphatic heterocycles. The molecule has 0 unspecified atom stereocenters. The molecule has 4 aromatic heterocycles. The third-order valence-electron chi connectivity index (χ3n) is 20.1. The second-order valence-corrected chi connectivity index (χ2v) is 29.1. The lowest BCUT2D eigenvalue weighted by molar-refractivity contribution is 0.590. The van der Waals surface area contributed by atoms with Crippen molar-refractivity contribution in [2.75, 3.05) is 9.80 Å². The van der Waals surface area contributed by atoms with E-state index >= 15 is 0 Å². The van der Waals surface area contributed by atoms with E-state index in [2.05, 4.69) is 361 Å². The second-order valence-electron chi connectivity index (χ2n) is 29.1.